The average Bonchev–Trinajstić information content (AvgIpc) is 2.84. The molecule has 0 aliphatic carbocycles. The van der Waals surface area contributed by atoms with Crippen LogP contribution in [0.4, 0.5) is 0 Å². The summed E-state index contributed by atoms with van der Waals surface area (Å²) in [5, 5.41) is 4.69. The standard InChI is InChI=1S/C15H13ClN4O/c1-10-18-14(11-4-3-5-12(16)6-11)9-20(10)13-7-15(21)19(2)17-8-13/h3-9H,1-2H3. The van der Waals surface area contributed by atoms with Crippen LogP contribution < -0.4 is 5.56 Å². The van der Waals surface area contributed by atoms with Crippen molar-refractivity contribution in [1.29, 1.82) is 0 Å². The minimum Gasteiger partial charge on any atom is -0.301 e. The van der Waals surface area contributed by atoms with Gasteiger partial charge in [-0.15, -0.1) is 0 Å². The van der Waals surface area contributed by atoms with Crippen LogP contribution >= 0.6 is 11.6 Å². The van der Waals surface area contributed by atoms with Crippen molar-refractivity contribution in [3.63, 3.8) is 0 Å². The zero-order valence-corrected chi connectivity index (χ0v) is 12.4. The van der Waals surface area contributed by atoms with E-state index in [0.29, 0.717) is 10.7 Å². The van der Waals surface area contributed by atoms with Gasteiger partial charge < -0.3 is 4.57 Å². The van der Waals surface area contributed by atoms with E-state index in [-0.39, 0.29) is 5.56 Å². The van der Waals surface area contributed by atoms with Crippen molar-refractivity contribution in [3.8, 4) is 16.9 Å². The van der Waals surface area contributed by atoms with Gasteiger partial charge in [-0.1, -0.05) is 23.7 Å². The molecular formula is C15H13ClN4O. The van der Waals surface area contributed by atoms with Gasteiger partial charge in [0.05, 0.1) is 17.6 Å². The van der Waals surface area contributed by atoms with Crippen LogP contribution in [0, 0.1) is 6.92 Å². The highest BCUT2D eigenvalue weighted by atomic mass is 35.5. The maximum Gasteiger partial charge on any atom is 0.268 e. The summed E-state index contributed by atoms with van der Waals surface area (Å²) in [5.74, 6) is 0.778. The number of halogens is 1. The van der Waals surface area contributed by atoms with Gasteiger partial charge in [-0.25, -0.2) is 9.67 Å². The van der Waals surface area contributed by atoms with Gasteiger partial charge in [-0.2, -0.15) is 5.10 Å². The number of aryl methyl sites for hydroxylation is 2. The third-order valence-corrected chi connectivity index (χ3v) is 3.47. The number of rotatable bonds is 2. The Bertz CT molecular complexity index is 866. The fourth-order valence-electron chi connectivity index (χ4n) is 2.11. The number of aromatic nitrogens is 4. The minimum atomic E-state index is -0.162. The molecule has 0 bridgehead atoms. The van der Waals surface area contributed by atoms with Gasteiger partial charge >= 0.3 is 0 Å². The van der Waals surface area contributed by atoms with Gasteiger partial charge in [0, 0.05) is 29.9 Å². The van der Waals surface area contributed by atoms with E-state index in [1.54, 1.807) is 13.2 Å². The lowest BCUT2D eigenvalue weighted by Gasteiger charge is -2.04. The predicted molar refractivity (Wildman–Crippen MR) is 81.8 cm³/mol. The predicted octanol–water partition coefficient (Wildman–Crippen LogP) is 2.59. The van der Waals surface area contributed by atoms with Gasteiger partial charge in [0.15, 0.2) is 0 Å². The van der Waals surface area contributed by atoms with E-state index in [1.165, 1.54) is 10.7 Å². The lowest BCUT2D eigenvalue weighted by Crippen LogP contribution is -2.19. The van der Waals surface area contributed by atoms with Gasteiger partial charge in [0.2, 0.25) is 0 Å². The molecule has 0 spiro atoms. The largest absolute Gasteiger partial charge is 0.301 e. The van der Waals surface area contributed by atoms with E-state index >= 15 is 0 Å². The van der Waals surface area contributed by atoms with Crippen molar-refractivity contribution in [1.82, 2.24) is 19.3 Å². The Hall–Kier alpha value is -2.40. The molecule has 0 radical (unpaired) electrons. The van der Waals surface area contributed by atoms with Crippen LogP contribution in [0.1, 0.15) is 5.82 Å². The number of nitrogens with zero attached hydrogens (tertiary/aromatic N) is 4. The molecule has 0 aliphatic heterocycles. The topological polar surface area (TPSA) is 52.7 Å². The van der Waals surface area contributed by atoms with E-state index in [4.69, 9.17) is 11.6 Å². The smallest absolute Gasteiger partial charge is 0.268 e. The van der Waals surface area contributed by atoms with Gasteiger partial charge in [0.1, 0.15) is 5.82 Å². The molecule has 106 valence electrons. The molecule has 1 aromatic carbocycles. The Morgan fingerprint density at radius 1 is 1.24 bits per heavy atom. The Kier molecular flexibility index (Phi) is 3.35. The Morgan fingerprint density at radius 3 is 2.76 bits per heavy atom. The second kappa shape index (κ2) is 5.18. The van der Waals surface area contributed by atoms with E-state index in [0.717, 1.165) is 17.1 Å². The molecule has 5 nitrogen and oxygen atoms in total. The van der Waals surface area contributed by atoms with Crippen LogP contribution in [0.15, 0.2) is 47.5 Å². The average molecular weight is 301 g/mol. The first-order valence-corrected chi connectivity index (χ1v) is 6.78. The van der Waals surface area contributed by atoms with Crippen LogP contribution in [-0.4, -0.2) is 19.3 Å². The summed E-state index contributed by atoms with van der Waals surface area (Å²) in [6, 6.07) is 9.03. The summed E-state index contributed by atoms with van der Waals surface area (Å²) in [5.41, 5.74) is 2.26. The maximum atomic E-state index is 11.7. The maximum absolute atomic E-state index is 11.7. The second-order valence-corrected chi connectivity index (χ2v) is 5.17. The first-order chi connectivity index (χ1) is 10.0. The normalized spacial score (nSPS) is 10.8. The van der Waals surface area contributed by atoms with Gasteiger partial charge in [0.25, 0.3) is 5.56 Å². The number of benzene rings is 1. The molecule has 0 unspecified atom stereocenters. The van der Waals surface area contributed by atoms with Crippen LogP contribution in [0.2, 0.25) is 5.02 Å². The van der Waals surface area contributed by atoms with Crippen molar-refractivity contribution in [2.75, 3.05) is 0 Å². The molecular weight excluding hydrogens is 288 g/mol. The molecule has 21 heavy (non-hydrogen) atoms. The molecule has 6 heteroatoms. The monoisotopic (exact) mass is 300 g/mol. The van der Waals surface area contributed by atoms with E-state index in [9.17, 15) is 4.79 Å². The molecule has 2 heterocycles. The van der Waals surface area contributed by atoms with Crippen LogP contribution in [0.25, 0.3) is 16.9 Å². The molecule has 0 aliphatic rings. The lowest BCUT2D eigenvalue weighted by atomic mass is 10.2. The summed E-state index contributed by atoms with van der Waals surface area (Å²) in [6.45, 7) is 1.88. The Labute approximate surface area is 126 Å². The first-order valence-electron chi connectivity index (χ1n) is 6.40. The first kappa shape index (κ1) is 13.6. The summed E-state index contributed by atoms with van der Waals surface area (Å²) >= 11 is 6.01. The second-order valence-electron chi connectivity index (χ2n) is 4.73. The van der Waals surface area contributed by atoms with Gasteiger partial charge in [-0.05, 0) is 19.1 Å². The van der Waals surface area contributed by atoms with Crippen molar-refractivity contribution in [3.05, 3.63) is 63.9 Å². The summed E-state index contributed by atoms with van der Waals surface area (Å²) < 4.78 is 3.12. The van der Waals surface area contributed by atoms with Crippen molar-refractivity contribution in [2.24, 2.45) is 7.05 Å². The fraction of sp³-hybridized carbons (Fsp3) is 0.133. The molecule has 0 fully saturated rings. The fourth-order valence-corrected chi connectivity index (χ4v) is 2.30. The molecule has 0 N–H and O–H groups in total. The van der Waals surface area contributed by atoms with Crippen molar-refractivity contribution >= 4 is 11.6 Å². The van der Waals surface area contributed by atoms with Crippen LogP contribution in [-0.2, 0) is 7.05 Å². The highest BCUT2D eigenvalue weighted by molar-refractivity contribution is 6.30. The summed E-state index contributed by atoms with van der Waals surface area (Å²) in [4.78, 5) is 16.2. The summed E-state index contributed by atoms with van der Waals surface area (Å²) in [6.07, 6.45) is 3.51. The number of hydrogen-bond acceptors (Lipinski definition) is 3. The molecule has 0 atom stereocenters. The van der Waals surface area contributed by atoms with Crippen LogP contribution in [0.5, 0.6) is 0 Å². The molecule has 0 saturated carbocycles. The molecule has 0 saturated heterocycles. The van der Waals surface area contributed by atoms with Crippen molar-refractivity contribution < 1.29 is 0 Å². The molecule has 2 aromatic heterocycles. The Balaban J connectivity index is 2.09. The highest BCUT2D eigenvalue weighted by Crippen LogP contribution is 2.23. The molecule has 3 aromatic rings. The van der Waals surface area contributed by atoms with E-state index in [2.05, 4.69) is 10.1 Å². The SMILES string of the molecule is Cc1nc(-c2cccc(Cl)c2)cn1-c1cnn(C)c(=O)c1. The molecule has 0 amide bonds. The quantitative estimate of drug-likeness (QED) is 0.731. The van der Waals surface area contributed by atoms with Gasteiger partial charge in [-0.3, -0.25) is 4.79 Å². The van der Waals surface area contributed by atoms with Crippen molar-refractivity contribution in [2.45, 2.75) is 6.92 Å². The lowest BCUT2D eigenvalue weighted by molar-refractivity contribution is 0.701. The van der Waals surface area contributed by atoms with E-state index < -0.39 is 0 Å². The number of hydrogen-bond donors (Lipinski definition) is 0. The highest BCUT2D eigenvalue weighted by Gasteiger charge is 2.09. The molecule has 3 rings (SSSR count). The Morgan fingerprint density at radius 2 is 2.05 bits per heavy atom. The van der Waals surface area contributed by atoms with Crippen LogP contribution in [0.3, 0.4) is 0 Å². The zero-order valence-electron chi connectivity index (χ0n) is 11.6. The summed E-state index contributed by atoms with van der Waals surface area (Å²) in [7, 11) is 1.62. The number of imidazole rings is 1. The third-order valence-electron chi connectivity index (χ3n) is 3.23. The van der Waals surface area contributed by atoms with E-state index in [1.807, 2.05) is 42.0 Å². The third kappa shape index (κ3) is 2.60. The minimum absolute atomic E-state index is 0.162. The zero-order chi connectivity index (χ0) is 15.0.